The molecule has 5 nitrogen and oxygen atoms in total. The van der Waals surface area contributed by atoms with Crippen LogP contribution in [0.4, 0.5) is 0 Å². The third-order valence-electron chi connectivity index (χ3n) is 2.89. The number of amides is 1. The molecular weight excluding hydrogens is 250 g/mol. The monoisotopic (exact) mass is 271 g/mol. The Kier molecular flexibility index (Phi) is 6.07. The molecular formula is C12H21N3O2S. The fourth-order valence-electron chi connectivity index (χ4n) is 1.58. The minimum Gasteiger partial charge on any atom is -0.352 e. The molecule has 102 valence electrons. The highest BCUT2D eigenvalue weighted by atomic mass is 32.1. The van der Waals surface area contributed by atoms with Crippen molar-refractivity contribution in [3.05, 3.63) is 20.7 Å². The first-order valence-corrected chi connectivity index (χ1v) is 7.15. The van der Waals surface area contributed by atoms with Crippen LogP contribution in [0.3, 0.4) is 0 Å². The summed E-state index contributed by atoms with van der Waals surface area (Å²) in [6.07, 6.45) is 1.87. The molecule has 0 aromatic carbocycles. The average molecular weight is 271 g/mol. The first-order chi connectivity index (χ1) is 8.56. The highest BCUT2D eigenvalue weighted by Crippen LogP contribution is 1.99. The Morgan fingerprint density at radius 1 is 1.44 bits per heavy atom. The molecule has 1 rings (SSSR count). The zero-order chi connectivity index (χ0) is 13.5. The molecule has 1 atom stereocenters. The van der Waals surface area contributed by atoms with E-state index in [4.69, 9.17) is 0 Å². The van der Waals surface area contributed by atoms with E-state index in [9.17, 15) is 9.59 Å². The lowest BCUT2D eigenvalue weighted by Crippen LogP contribution is -2.45. The summed E-state index contributed by atoms with van der Waals surface area (Å²) in [7, 11) is 0. The number of hydrogen-bond donors (Lipinski definition) is 3. The lowest BCUT2D eigenvalue weighted by atomic mass is 10.1. The second-order valence-electron chi connectivity index (χ2n) is 4.30. The summed E-state index contributed by atoms with van der Waals surface area (Å²) in [4.78, 5) is 25.4. The number of H-pyrrole nitrogens is 1. The predicted octanol–water partition coefficient (Wildman–Crippen LogP) is 1.22. The van der Waals surface area contributed by atoms with Crippen LogP contribution in [-0.2, 0) is 11.3 Å². The van der Waals surface area contributed by atoms with Gasteiger partial charge >= 0.3 is 4.87 Å². The molecule has 0 fully saturated rings. The molecule has 0 aliphatic carbocycles. The number of thiazole rings is 1. The van der Waals surface area contributed by atoms with Crippen LogP contribution in [0.15, 0.2) is 10.2 Å². The molecule has 1 amide bonds. The van der Waals surface area contributed by atoms with Gasteiger partial charge in [0, 0.05) is 23.7 Å². The van der Waals surface area contributed by atoms with Crippen molar-refractivity contribution in [3.63, 3.8) is 0 Å². The molecule has 0 saturated heterocycles. The van der Waals surface area contributed by atoms with Crippen LogP contribution in [0, 0.1) is 0 Å². The zero-order valence-corrected chi connectivity index (χ0v) is 11.9. The average Bonchev–Trinajstić information content (AvgIpc) is 2.78. The molecule has 0 aliphatic heterocycles. The van der Waals surface area contributed by atoms with Crippen molar-refractivity contribution in [2.45, 2.75) is 52.2 Å². The summed E-state index contributed by atoms with van der Waals surface area (Å²) in [5.74, 6) is 0.00118. The number of aromatic amines is 1. The maximum atomic E-state index is 11.9. The second kappa shape index (κ2) is 7.33. The van der Waals surface area contributed by atoms with Gasteiger partial charge in [-0.05, 0) is 19.8 Å². The van der Waals surface area contributed by atoms with Crippen LogP contribution in [-0.4, -0.2) is 23.0 Å². The van der Waals surface area contributed by atoms with E-state index in [1.807, 2.05) is 6.92 Å². The van der Waals surface area contributed by atoms with Crippen molar-refractivity contribution < 1.29 is 4.79 Å². The van der Waals surface area contributed by atoms with Gasteiger partial charge in [-0.15, -0.1) is 0 Å². The molecule has 0 saturated carbocycles. The topological polar surface area (TPSA) is 74.0 Å². The number of hydrogen-bond acceptors (Lipinski definition) is 4. The van der Waals surface area contributed by atoms with Gasteiger partial charge < -0.3 is 15.6 Å². The predicted molar refractivity (Wildman–Crippen MR) is 73.8 cm³/mol. The van der Waals surface area contributed by atoms with E-state index in [1.165, 1.54) is 0 Å². The van der Waals surface area contributed by atoms with Gasteiger partial charge in [0.15, 0.2) is 0 Å². The number of nitrogens with one attached hydrogen (secondary N) is 3. The summed E-state index contributed by atoms with van der Waals surface area (Å²) in [6.45, 7) is 6.43. The Bertz CT molecular complexity index is 423. The van der Waals surface area contributed by atoms with E-state index >= 15 is 0 Å². The van der Waals surface area contributed by atoms with E-state index in [-0.39, 0.29) is 22.9 Å². The fraction of sp³-hybridized carbons (Fsp3) is 0.667. The second-order valence-corrected chi connectivity index (χ2v) is 5.14. The third kappa shape index (κ3) is 4.62. The highest BCUT2D eigenvalue weighted by Gasteiger charge is 2.15. The van der Waals surface area contributed by atoms with Gasteiger partial charge in [0.05, 0.1) is 6.04 Å². The van der Waals surface area contributed by atoms with Gasteiger partial charge in [0.2, 0.25) is 5.91 Å². The molecule has 1 heterocycles. The van der Waals surface area contributed by atoms with Crippen LogP contribution < -0.4 is 15.5 Å². The van der Waals surface area contributed by atoms with E-state index in [1.54, 1.807) is 5.38 Å². The number of carbonyl (C=O) groups is 1. The molecule has 6 heteroatoms. The molecule has 1 aromatic rings. The smallest absolute Gasteiger partial charge is 0.304 e. The molecule has 18 heavy (non-hydrogen) atoms. The zero-order valence-electron chi connectivity index (χ0n) is 11.1. The summed E-state index contributed by atoms with van der Waals surface area (Å²) >= 11 is 1.13. The first kappa shape index (κ1) is 14.9. The summed E-state index contributed by atoms with van der Waals surface area (Å²) in [6, 6.07) is -0.0308. The standard InChI is InChI=1S/C12H21N3O2S/c1-4-9(5-2)14-11(16)8(3)13-6-10-7-18-12(17)15-10/h7-9,13H,4-6H2,1-3H3,(H,14,16)(H,15,17). The van der Waals surface area contributed by atoms with Crippen molar-refractivity contribution in [1.29, 1.82) is 0 Å². The normalized spacial score (nSPS) is 12.7. The first-order valence-electron chi connectivity index (χ1n) is 6.27. The Morgan fingerprint density at radius 3 is 2.61 bits per heavy atom. The van der Waals surface area contributed by atoms with Crippen LogP contribution in [0.2, 0.25) is 0 Å². The van der Waals surface area contributed by atoms with E-state index in [0.717, 1.165) is 29.9 Å². The number of carbonyl (C=O) groups excluding carboxylic acids is 1. The number of rotatable bonds is 7. The lowest BCUT2D eigenvalue weighted by Gasteiger charge is -2.19. The van der Waals surface area contributed by atoms with Gasteiger partial charge in [0.1, 0.15) is 0 Å². The van der Waals surface area contributed by atoms with E-state index in [2.05, 4.69) is 29.5 Å². The van der Waals surface area contributed by atoms with Crippen LogP contribution >= 0.6 is 11.3 Å². The molecule has 0 radical (unpaired) electrons. The molecule has 0 spiro atoms. The van der Waals surface area contributed by atoms with Gasteiger partial charge in [-0.2, -0.15) is 0 Å². The van der Waals surface area contributed by atoms with Crippen molar-refractivity contribution in [1.82, 2.24) is 15.6 Å². The van der Waals surface area contributed by atoms with Crippen LogP contribution in [0.5, 0.6) is 0 Å². The summed E-state index contributed by atoms with van der Waals surface area (Å²) in [5.41, 5.74) is 0.812. The highest BCUT2D eigenvalue weighted by molar-refractivity contribution is 7.07. The van der Waals surface area contributed by atoms with Crippen molar-refractivity contribution >= 4 is 17.2 Å². The quantitative estimate of drug-likeness (QED) is 0.698. The van der Waals surface area contributed by atoms with Crippen molar-refractivity contribution in [2.75, 3.05) is 0 Å². The maximum absolute atomic E-state index is 11.9. The van der Waals surface area contributed by atoms with Gasteiger partial charge in [0.25, 0.3) is 0 Å². The van der Waals surface area contributed by atoms with Crippen LogP contribution in [0.25, 0.3) is 0 Å². The largest absolute Gasteiger partial charge is 0.352 e. The lowest BCUT2D eigenvalue weighted by molar-refractivity contribution is -0.123. The molecule has 1 aromatic heterocycles. The van der Waals surface area contributed by atoms with E-state index < -0.39 is 0 Å². The summed E-state index contributed by atoms with van der Waals surface area (Å²) in [5, 5.41) is 7.84. The summed E-state index contributed by atoms with van der Waals surface area (Å²) < 4.78 is 0. The minimum absolute atomic E-state index is 0.00118. The van der Waals surface area contributed by atoms with E-state index in [0.29, 0.717) is 6.54 Å². The fourth-order valence-corrected chi connectivity index (χ4v) is 2.16. The molecule has 1 unspecified atom stereocenters. The van der Waals surface area contributed by atoms with Crippen molar-refractivity contribution in [2.24, 2.45) is 0 Å². The Balaban J connectivity index is 2.38. The Morgan fingerprint density at radius 2 is 2.11 bits per heavy atom. The van der Waals surface area contributed by atoms with Gasteiger partial charge in [-0.3, -0.25) is 9.59 Å². The van der Waals surface area contributed by atoms with Crippen LogP contribution in [0.1, 0.15) is 39.3 Å². The van der Waals surface area contributed by atoms with Gasteiger partial charge in [-0.1, -0.05) is 25.2 Å². The maximum Gasteiger partial charge on any atom is 0.304 e. The SMILES string of the molecule is CCC(CC)NC(=O)C(C)NCc1csc(=O)[nH]1. The number of aromatic nitrogens is 1. The third-order valence-corrected chi connectivity index (χ3v) is 3.61. The van der Waals surface area contributed by atoms with Crippen molar-refractivity contribution in [3.8, 4) is 0 Å². The minimum atomic E-state index is -0.269. The Labute approximate surface area is 111 Å². The van der Waals surface area contributed by atoms with Gasteiger partial charge in [-0.25, -0.2) is 0 Å². The molecule has 3 N–H and O–H groups in total. The molecule has 0 aliphatic rings. The Hall–Kier alpha value is -1.14. The molecule has 0 bridgehead atoms.